The van der Waals surface area contributed by atoms with E-state index in [1.165, 1.54) is 23.5 Å². The number of nitrogens with one attached hydrogen (secondary N) is 1. The molecular weight excluding hydrogens is 415 g/mol. The molecule has 1 N–H and O–H groups in total. The van der Waals surface area contributed by atoms with Crippen molar-refractivity contribution in [3.05, 3.63) is 68.9 Å². The molecule has 3 aromatic rings. The van der Waals surface area contributed by atoms with Crippen molar-refractivity contribution in [2.75, 3.05) is 5.32 Å². The molecule has 0 aliphatic rings. The minimum Gasteiger partial charge on any atom is -0.324 e. The second-order valence-electron chi connectivity index (χ2n) is 5.00. The summed E-state index contributed by atoms with van der Waals surface area (Å²) < 4.78 is 13.8. The molecule has 2 aromatic carbocycles. The van der Waals surface area contributed by atoms with Gasteiger partial charge in [0.05, 0.1) is 22.8 Å². The third kappa shape index (κ3) is 4.20. The maximum absolute atomic E-state index is 13.0. The highest BCUT2D eigenvalue weighted by atomic mass is 79.9. The van der Waals surface area contributed by atoms with Crippen LogP contribution < -0.4 is 5.32 Å². The molecule has 1 heterocycles. The molecule has 122 valence electrons. The number of hydrogen-bond donors (Lipinski definition) is 1. The molecule has 0 saturated heterocycles. The maximum atomic E-state index is 13.0. The van der Waals surface area contributed by atoms with Crippen LogP contribution in [0.2, 0.25) is 5.02 Å². The Morgan fingerprint density at radius 3 is 2.71 bits per heavy atom. The Balaban J connectivity index is 1.68. The molecule has 3 nitrogen and oxygen atoms in total. The summed E-state index contributed by atoms with van der Waals surface area (Å²) in [6, 6.07) is 11.4. The van der Waals surface area contributed by atoms with Crippen LogP contribution in [-0.4, -0.2) is 10.9 Å². The second-order valence-corrected chi connectivity index (χ2v) is 7.18. The van der Waals surface area contributed by atoms with Crippen LogP contribution in [-0.2, 0) is 11.2 Å². The third-order valence-electron chi connectivity index (χ3n) is 3.19. The second kappa shape index (κ2) is 7.42. The van der Waals surface area contributed by atoms with Crippen LogP contribution in [0.25, 0.3) is 10.6 Å². The number of thiazole rings is 1. The van der Waals surface area contributed by atoms with E-state index in [1.807, 2.05) is 5.38 Å². The summed E-state index contributed by atoms with van der Waals surface area (Å²) in [6.07, 6.45) is 0.143. The Kier molecular flexibility index (Phi) is 5.28. The standard InChI is InChI=1S/C17H11BrClFN2OS/c18-11-3-6-15(14(19)7-11)22-16(23)8-13-9-24-17(21-13)10-1-4-12(20)5-2-10/h1-7,9H,8H2,(H,22,23). The fraction of sp³-hybridized carbons (Fsp3) is 0.0588. The largest absolute Gasteiger partial charge is 0.324 e. The van der Waals surface area contributed by atoms with Crippen molar-refractivity contribution in [1.29, 1.82) is 0 Å². The van der Waals surface area contributed by atoms with Gasteiger partial charge in [-0.3, -0.25) is 4.79 Å². The Labute approximate surface area is 155 Å². The summed E-state index contributed by atoms with van der Waals surface area (Å²) in [5.41, 5.74) is 2.04. The molecule has 7 heteroatoms. The fourth-order valence-electron chi connectivity index (χ4n) is 2.06. The molecular formula is C17H11BrClFN2OS. The molecule has 0 aliphatic carbocycles. The molecule has 0 unspecified atom stereocenters. The molecule has 0 aliphatic heterocycles. The first-order valence-electron chi connectivity index (χ1n) is 6.96. The van der Waals surface area contributed by atoms with E-state index in [9.17, 15) is 9.18 Å². The van der Waals surface area contributed by atoms with Crippen molar-refractivity contribution in [2.24, 2.45) is 0 Å². The molecule has 1 amide bonds. The molecule has 0 bridgehead atoms. The van der Waals surface area contributed by atoms with Gasteiger partial charge in [0.2, 0.25) is 5.91 Å². The van der Waals surface area contributed by atoms with Crippen molar-refractivity contribution in [2.45, 2.75) is 6.42 Å². The van der Waals surface area contributed by atoms with E-state index in [0.29, 0.717) is 16.4 Å². The third-order valence-corrected chi connectivity index (χ3v) is 4.94. The minimum absolute atomic E-state index is 0.143. The highest BCUT2D eigenvalue weighted by Gasteiger charge is 2.11. The average Bonchev–Trinajstić information content (AvgIpc) is 2.99. The highest BCUT2D eigenvalue weighted by Crippen LogP contribution is 2.27. The predicted octanol–water partition coefficient (Wildman–Crippen LogP) is 5.55. The number of anilines is 1. The van der Waals surface area contributed by atoms with Gasteiger partial charge in [0.15, 0.2) is 0 Å². The van der Waals surface area contributed by atoms with Crippen LogP contribution in [0.4, 0.5) is 10.1 Å². The minimum atomic E-state index is -0.290. The Morgan fingerprint density at radius 2 is 2.00 bits per heavy atom. The zero-order valence-corrected chi connectivity index (χ0v) is 15.4. The SMILES string of the molecule is O=C(Cc1csc(-c2ccc(F)cc2)n1)Nc1ccc(Br)cc1Cl. The first-order valence-corrected chi connectivity index (χ1v) is 9.01. The lowest BCUT2D eigenvalue weighted by Crippen LogP contribution is -2.14. The zero-order valence-electron chi connectivity index (χ0n) is 12.2. The number of halogens is 3. The number of rotatable bonds is 4. The normalized spacial score (nSPS) is 10.6. The van der Waals surface area contributed by atoms with Crippen molar-refractivity contribution < 1.29 is 9.18 Å². The molecule has 0 saturated carbocycles. The van der Waals surface area contributed by atoms with Crippen molar-refractivity contribution >= 4 is 50.5 Å². The molecule has 0 fully saturated rings. The van der Waals surface area contributed by atoms with E-state index >= 15 is 0 Å². The molecule has 24 heavy (non-hydrogen) atoms. The number of amides is 1. The van der Waals surface area contributed by atoms with E-state index in [2.05, 4.69) is 26.2 Å². The van der Waals surface area contributed by atoms with Crippen molar-refractivity contribution in [3.63, 3.8) is 0 Å². The number of hydrogen-bond acceptors (Lipinski definition) is 3. The Morgan fingerprint density at radius 1 is 1.25 bits per heavy atom. The number of nitrogens with zero attached hydrogens (tertiary/aromatic N) is 1. The fourth-order valence-corrected chi connectivity index (χ4v) is 3.61. The number of carbonyl (C=O) groups is 1. The van der Waals surface area contributed by atoms with E-state index in [1.54, 1.807) is 30.3 Å². The van der Waals surface area contributed by atoms with E-state index < -0.39 is 0 Å². The lowest BCUT2D eigenvalue weighted by atomic mass is 10.2. The van der Waals surface area contributed by atoms with Crippen LogP contribution in [0.5, 0.6) is 0 Å². The lowest BCUT2D eigenvalue weighted by molar-refractivity contribution is -0.115. The van der Waals surface area contributed by atoms with Gasteiger partial charge in [-0.15, -0.1) is 11.3 Å². The zero-order chi connectivity index (χ0) is 17.1. The molecule has 0 radical (unpaired) electrons. The summed E-state index contributed by atoms with van der Waals surface area (Å²) in [4.78, 5) is 16.6. The van der Waals surface area contributed by atoms with Gasteiger partial charge >= 0.3 is 0 Å². The van der Waals surface area contributed by atoms with Crippen LogP contribution in [0.1, 0.15) is 5.69 Å². The molecule has 1 aromatic heterocycles. The van der Waals surface area contributed by atoms with Crippen molar-refractivity contribution in [1.82, 2.24) is 4.98 Å². The summed E-state index contributed by atoms with van der Waals surface area (Å²) in [7, 11) is 0. The predicted molar refractivity (Wildman–Crippen MR) is 99.0 cm³/mol. The first kappa shape index (κ1) is 17.1. The van der Waals surface area contributed by atoms with Crippen molar-refractivity contribution in [3.8, 4) is 10.6 Å². The van der Waals surface area contributed by atoms with E-state index in [0.717, 1.165) is 15.0 Å². The van der Waals surface area contributed by atoms with Crippen LogP contribution in [0.15, 0.2) is 52.3 Å². The summed E-state index contributed by atoms with van der Waals surface area (Å²) in [5, 5.41) is 5.80. The lowest BCUT2D eigenvalue weighted by Gasteiger charge is -2.06. The van der Waals surface area contributed by atoms with E-state index in [4.69, 9.17) is 11.6 Å². The topological polar surface area (TPSA) is 42.0 Å². The van der Waals surface area contributed by atoms with Gasteiger partial charge in [-0.05, 0) is 42.5 Å². The highest BCUT2D eigenvalue weighted by molar-refractivity contribution is 9.10. The average molecular weight is 426 g/mol. The number of carbonyl (C=O) groups excluding carboxylic acids is 1. The Bertz CT molecular complexity index is 883. The van der Waals surface area contributed by atoms with E-state index in [-0.39, 0.29) is 18.1 Å². The monoisotopic (exact) mass is 424 g/mol. The van der Waals surface area contributed by atoms with Gasteiger partial charge in [0, 0.05) is 15.4 Å². The van der Waals surface area contributed by atoms with Gasteiger partial charge < -0.3 is 5.32 Å². The molecule has 0 spiro atoms. The summed E-state index contributed by atoms with van der Waals surface area (Å²) >= 11 is 10.8. The van der Waals surface area contributed by atoms with Gasteiger partial charge in [-0.2, -0.15) is 0 Å². The first-order chi connectivity index (χ1) is 11.5. The summed E-state index contributed by atoms with van der Waals surface area (Å²) in [6.45, 7) is 0. The smallest absolute Gasteiger partial charge is 0.230 e. The van der Waals surface area contributed by atoms with Gasteiger partial charge in [-0.1, -0.05) is 27.5 Å². The quantitative estimate of drug-likeness (QED) is 0.596. The maximum Gasteiger partial charge on any atom is 0.230 e. The Hall–Kier alpha value is -1.76. The number of aromatic nitrogens is 1. The van der Waals surface area contributed by atoms with Gasteiger partial charge in [0.1, 0.15) is 10.8 Å². The van der Waals surface area contributed by atoms with Crippen LogP contribution >= 0.6 is 38.9 Å². The van der Waals surface area contributed by atoms with Gasteiger partial charge in [-0.25, -0.2) is 9.37 Å². The molecule has 0 atom stereocenters. The molecule has 3 rings (SSSR count). The van der Waals surface area contributed by atoms with Crippen LogP contribution in [0.3, 0.4) is 0 Å². The van der Waals surface area contributed by atoms with Crippen LogP contribution in [0, 0.1) is 5.82 Å². The van der Waals surface area contributed by atoms with Gasteiger partial charge in [0.25, 0.3) is 0 Å². The number of benzene rings is 2. The summed E-state index contributed by atoms with van der Waals surface area (Å²) in [5.74, 6) is -0.489.